The number of carbonyl (C=O) groups excluding carboxylic acids is 2. The van der Waals surface area contributed by atoms with E-state index in [2.05, 4.69) is 22.0 Å². The third-order valence-electron chi connectivity index (χ3n) is 7.22. The van der Waals surface area contributed by atoms with E-state index < -0.39 is 0 Å². The second kappa shape index (κ2) is 10.7. The van der Waals surface area contributed by atoms with Crippen LogP contribution in [0.4, 0.5) is 0 Å². The lowest BCUT2D eigenvalue weighted by atomic mass is 9.85. The Kier molecular flexibility index (Phi) is 8.19. The lowest BCUT2D eigenvalue weighted by Gasteiger charge is -2.40. The van der Waals surface area contributed by atoms with Crippen LogP contribution in [0.1, 0.15) is 52.4 Å². The van der Waals surface area contributed by atoms with Crippen LogP contribution in [-0.4, -0.2) is 110 Å². The maximum absolute atomic E-state index is 12.9. The molecular formula is C23H42N6O2. The number of nitrogens with one attached hydrogen (secondary N) is 1. The molecule has 1 atom stereocenters. The van der Waals surface area contributed by atoms with Gasteiger partial charge in [-0.1, -0.05) is 12.8 Å². The second-order valence-corrected chi connectivity index (χ2v) is 9.59. The molecule has 8 nitrogen and oxygen atoms in total. The molecule has 2 heterocycles. The summed E-state index contributed by atoms with van der Waals surface area (Å²) in [6.07, 6.45) is 6.33. The molecule has 1 N–H and O–H groups in total. The monoisotopic (exact) mass is 434 g/mol. The Morgan fingerprint density at radius 3 is 2.13 bits per heavy atom. The molecule has 3 fully saturated rings. The second-order valence-electron chi connectivity index (χ2n) is 9.59. The van der Waals surface area contributed by atoms with E-state index in [0.29, 0.717) is 6.54 Å². The Morgan fingerprint density at radius 1 is 0.968 bits per heavy atom. The SMILES string of the molecule is CCNC(=NCC1(C(=O)N(C)C)CCCC1)N1CCN(C(C)C(=O)N2CCCC2)CC1. The first kappa shape index (κ1) is 23.8. The van der Waals surface area contributed by atoms with Crippen LogP contribution in [0.5, 0.6) is 0 Å². The van der Waals surface area contributed by atoms with Crippen LogP contribution < -0.4 is 5.32 Å². The van der Waals surface area contributed by atoms with Crippen molar-refractivity contribution in [3.8, 4) is 0 Å². The highest BCUT2D eigenvalue weighted by molar-refractivity contribution is 5.84. The van der Waals surface area contributed by atoms with E-state index in [9.17, 15) is 9.59 Å². The molecule has 8 heteroatoms. The standard InChI is InChI=1S/C23H42N6O2/c1-5-24-22(25-18-23(10-6-7-11-23)21(31)26(3)4)29-16-14-27(15-17-29)19(2)20(30)28-12-8-9-13-28/h19H,5-18H2,1-4H3,(H,24,25). The maximum atomic E-state index is 12.9. The van der Waals surface area contributed by atoms with Crippen molar-refractivity contribution in [2.24, 2.45) is 10.4 Å². The van der Waals surface area contributed by atoms with Gasteiger partial charge in [-0.15, -0.1) is 0 Å². The number of hydrogen-bond donors (Lipinski definition) is 1. The molecule has 0 bridgehead atoms. The third kappa shape index (κ3) is 5.51. The minimum atomic E-state index is -0.345. The molecule has 0 radical (unpaired) electrons. The molecule has 1 saturated carbocycles. The summed E-state index contributed by atoms with van der Waals surface area (Å²) in [5, 5.41) is 3.43. The lowest BCUT2D eigenvalue weighted by molar-refractivity contribution is -0.138. The normalized spacial score (nSPS) is 23.2. The molecule has 1 unspecified atom stereocenters. The molecule has 0 aromatic heterocycles. The smallest absolute Gasteiger partial charge is 0.239 e. The van der Waals surface area contributed by atoms with Gasteiger partial charge in [0.15, 0.2) is 5.96 Å². The fraction of sp³-hybridized carbons (Fsp3) is 0.870. The van der Waals surface area contributed by atoms with Crippen molar-refractivity contribution in [2.75, 3.05) is 66.5 Å². The fourth-order valence-electron chi connectivity index (χ4n) is 5.30. The van der Waals surface area contributed by atoms with Crippen LogP contribution in [0, 0.1) is 5.41 Å². The van der Waals surface area contributed by atoms with Gasteiger partial charge in [0, 0.05) is 59.9 Å². The lowest BCUT2D eigenvalue weighted by Crippen LogP contribution is -2.57. The van der Waals surface area contributed by atoms with E-state index in [0.717, 1.165) is 90.3 Å². The number of piperazine rings is 1. The predicted molar refractivity (Wildman–Crippen MR) is 124 cm³/mol. The van der Waals surface area contributed by atoms with E-state index in [1.54, 1.807) is 4.90 Å². The van der Waals surface area contributed by atoms with Gasteiger partial charge in [0.2, 0.25) is 11.8 Å². The van der Waals surface area contributed by atoms with Crippen LogP contribution in [0.2, 0.25) is 0 Å². The minimum Gasteiger partial charge on any atom is -0.357 e. The molecule has 1 aliphatic carbocycles. The molecule has 0 aromatic carbocycles. The van der Waals surface area contributed by atoms with Crippen LogP contribution in [0.15, 0.2) is 4.99 Å². The molecule has 0 aromatic rings. The van der Waals surface area contributed by atoms with Crippen molar-refractivity contribution in [1.29, 1.82) is 0 Å². The topological polar surface area (TPSA) is 71.5 Å². The van der Waals surface area contributed by atoms with E-state index in [1.807, 2.05) is 25.9 Å². The summed E-state index contributed by atoms with van der Waals surface area (Å²) in [5.74, 6) is 1.39. The predicted octanol–water partition coefficient (Wildman–Crippen LogP) is 1.23. The fourth-order valence-corrected chi connectivity index (χ4v) is 5.30. The Bertz CT molecular complexity index is 644. The average molecular weight is 435 g/mol. The highest BCUT2D eigenvalue weighted by Crippen LogP contribution is 2.39. The Labute approximate surface area is 188 Å². The number of hydrogen-bond acceptors (Lipinski definition) is 4. The summed E-state index contributed by atoms with van der Waals surface area (Å²) in [5.41, 5.74) is -0.345. The summed E-state index contributed by atoms with van der Waals surface area (Å²) in [7, 11) is 3.70. The van der Waals surface area contributed by atoms with Gasteiger partial charge in [0.25, 0.3) is 0 Å². The van der Waals surface area contributed by atoms with E-state index in [-0.39, 0.29) is 23.3 Å². The number of aliphatic imine (C=N–C) groups is 1. The van der Waals surface area contributed by atoms with Crippen molar-refractivity contribution < 1.29 is 9.59 Å². The average Bonchev–Trinajstić information content (AvgIpc) is 3.48. The van der Waals surface area contributed by atoms with Crippen LogP contribution in [-0.2, 0) is 9.59 Å². The van der Waals surface area contributed by atoms with Crippen molar-refractivity contribution in [1.82, 2.24) is 24.9 Å². The van der Waals surface area contributed by atoms with Crippen LogP contribution in [0.25, 0.3) is 0 Å². The Balaban J connectivity index is 1.60. The molecule has 2 aliphatic heterocycles. The van der Waals surface area contributed by atoms with Gasteiger partial charge >= 0.3 is 0 Å². The number of guanidine groups is 1. The molecular weight excluding hydrogens is 392 g/mol. The molecule has 3 rings (SSSR count). The molecule has 176 valence electrons. The molecule has 2 saturated heterocycles. The van der Waals surface area contributed by atoms with Gasteiger partial charge < -0.3 is 20.0 Å². The van der Waals surface area contributed by atoms with Gasteiger partial charge in [-0.25, -0.2) is 0 Å². The Morgan fingerprint density at radius 2 is 1.58 bits per heavy atom. The summed E-state index contributed by atoms with van der Waals surface area (Å²) < 4.78 is 0. The summed E-state index contributed by atoms with van der Waals surface area (Å²) in [6.45, 7) is 10.7. The van der Waals surface area contributed by atoms with Gasteiger partial charge in [-0.2, -0.15) is 0 Å². The number of amides is 2. The van der Waals surface area contributed by atoms with E-state index in [4.69, 9.17) is 4.99 Å². The first-order chi connectivity index (χ1) is 14.9. The quantitative estimate of drug-likeness (QED) is 0.503. The van der Waals surface area contributed by atoms with Crippen molar-refractivity contribution in [3.63, 3.8) is 0 Å². The first-order valence-electron chi connectivity index (χ1n) is 12.2. The largest absolute Gasteiger partial charge is 0.357 e. The third-order valence-corrected chi connectivity index (χ3v) is 7.22. The first-order valence-corrected chi connectivity index (χ1v) is 12.2. The number of nitrogens with zero attached hydrogens (tertiary/aromatic N) is 5. The summed E-state index contributed by atoms with van der Waals surface area (Å²) in [4.78, 5) is 38.9. The molecule has 2 amide bonds. The number of likely N-dealkylation sites (tertiary alicyclic amines) is 1. The highest BCUT2D eigenvalue weighted by atomic mass is 16.2. The molecule has 0 spiro atoms. The van der Waals surface area contributed by atoms with Gasteiger partial charge in [-0.3, -0.25) is 19.5 Å². The molecule has 3 aliphatic rings. The van der Waals surface area contributed by atoms with Crippen molar-refractivity contribution >= 4 is 17.8 Å². The zero-order chi connectivity index (χ0) is 22.4. The summed E-state index contributed by atoms with van der Waals surface area (Å²) >= 11 is 0. The zero-order valence-electron chi connectivity index (χ0n) is 20.0. The maximum Gasteiger partial charge on any atom is 0.239 e. The number of carbonyl (C=O) groups is 2. The Hall–Kier alpha value is -1.83. The van der Waals surface area contributed by atoms with Gasteiger partial charge in [0.05, 0.1) is 18.0 Å². The number of rotatable bonds is 6. The van der Waals surface area contributed by atoms with Crippen molar-refractivity contribution in [3.05, 3.63) is 0 Å². The summed E-state index contributed by atoms with van der Waals surface area (Å²) in [6, 6.07) is -0.0563. The van der Waals surface area contributed by atoms with Gasteiger partial charge in [-0.05, 0) is 39.5 Å². The van der Waals surface area contributed by atoms with Gasteiger partial charge in [0.1, 0.15) is 0 Å². The highest BCUT2D eigenvalue weighted by Gasteiger charge is 2.42. The van der Waals surface area contributed by atoms with Crippen LogP contribution >= 0.6 is 0 Å². The minimum absolute atomic E-state index is 0.0563. The zero-order valence-corrected chi connectivity index (χ0v) is 20.0. The van der Waals surface area contributed by atoms with E-state index in [1.165, 1.54) is 0 Å². The van der Waals surface area contributed by atoms with Crippen molar-refractivity contribution in [2.45, 2.75) is 58.4 Å². The van der Waals surface area contributed by atoms with Crippen LogP contribution in [0.3, 0.4) is 0 Å². The van der Waals surface area contributed by atoms with E-state index >= 15 is 0 Å². The molecule has 31 heavy (non-hydrogen) atoms.